The molecular weight excluding hydrogens is 875 g/mol. The number of benzene rings is 4. The highest BCUT2D eigenvalue weighted by atomic mass is 19.4. The quantitative estimate of drug-likeness (QED) is 0.137. The van der Waals surface area contributed by atoms with E-state index in [9.17, 15) is 35.9 Å². The number of rotatable bonds is 7. The van der Waals surface area contributed by atoms with Crippen molar-refractivity contribution in [1.29, 1.82) is 0 Å². The van der Waals surface area contributed by atoms with Gasteiger partial charge in [-0.1, -0.05) is 119 Å². The number of alkyl halides is 6. The van der Waals surface area contributed by atoms with Crippen LogP contribution in [0.15, 0.2) is 176 Å². The minimum absolute atomic E-state index is 0.0302. The summed E-state index contributed by atoms with van der Waals surface area (Å²) in [7, 11) is 0. The maximum absolute atomic E-state index is 13.8. The molecular formula is C56H56F6N4O2. The summed E-state index contributed by atoms with van der Waals surface area (Å²) >= 11 is 0. The van der Waals surface area contributed by atoms with Gasteiger partial charge >= 0.3 is 12.4 Å². The van der Waals surface area contributed by atoms with Gasteiger partial charge in [0.25, 0.3) is 0 Å². The molecule has 0 bridgehead atoms. The summed E-state index contributed by atoms with van der Waals surface area (Å²) in [6.45, 7) is 23.6. The number of hydrogen-bond donors (Lipinski definition) is 0. The Kier molecular flexibility index (Phi) is 13.8. The monoisotopic (exact) mass is 930 g/mol. The van der Waals surface area contributed by atoms with Crippen molar-refractivity contribution in [2.45, 2.75) is 95.4 Å². The smallest absolute Gasteiger partial charge is 0.289 e. The highest BCUT2D eigenvalue weighted by Crippen LogP contribution is 2.45. The lowest BCUT2D eigenvalue weighted by molar-refractivity contribution is -0.138. The van der Waals surface area contributed by atoms with Gasteiger partial charge in [-0.05, 0) is 139 Å². The highest BCUT2D eigenvalue weighted by Gasteiger charge is 2.36. The number of Topliss-reactive ketones (excluding diaryl/α,β-unsaturated/α-hetero) is 2. The molecule has 6 rings (SSSR count). The average molecular weight is 931 g/mol. The SMILES string of the molecule is CC(C)(C)C1=CC(=C/N=N/c2ccc(-c3ccc(/N=N/C=C4C=C(C(C)(C)C)C(=O)C(C(C)(C)C)=C4)cc3-c3ccc(C(F)(F)F)cc3)c(-c3ccc(C(F)(F)F)cc3)c2)C=C(C(C)(C)C)C1=O. The Hall–Kier alpha value is -6.56. The summed E-state index contributed by atoms with van der Waals surface area (Å²) in [4.78, 5) is 27.0. The van der Waals surface area contributed by atoms with Crippen molar-refractivity contribution in [2.24, 2.45) is 42.1 Å². The van der Waals surface area contributed by atoms with E-state index < -0.39 is 45.1 Å². The third-order valence-electron chi connectivity index (χ3n) is 11.6. The second-order valence-electron chi connectivity index (χ2n) is 21.2. The molecule has 0 radical (unpaired) electrons. The van der Waals surface area contributed by atoms with Crippen LogP contribution in [-0.4, -0.2) is 11.6 Å². The zero-order valence-corrected chi connectivity index (χ0v) is 40.4. The van der Waals surface area contributed by atoms with Crippen LogP contribution in [0.1, 0.15) is 94.2 Å². The number of azo groups is 2. The molecule has 0 saturated carbocycles. The minimum Gasteiger partial charge on any atom is -0.289 e. The first kappa shape index (κ1) is 50.8. The van der Waals surface area contributed by atoms with Crippen LogP contribution in [0, 0.1) is 21.7 Å². The van der Waals surface area contributed by atoms with Crippen molar-refractivity contribution in [3.05, 3.63) is 166 Å². The number of carbonyl (C=O) groups is 2. The van der Waals surface area contributed by atoms with E-state index >= 15 is 0 Å². The van der Waals surface area contributed by atoms with Gasteiger partial charge in [0.2, 0.25) is 0 Å². The zero-order chi connectivity index (χ0) is 50.4. The Morgan fingerprint density at radius 3 is 0.912 bits per heavy atom. The molecule has 2 aliphatic rings. The average Bonchev–Trinajstić information content (AvgIpc) is 3.22. The van der Waals surface area contributed by atoms with Crippen molar-refractivity contribution in [3.63, 3.8) is 0 Å². The lowest BCUT2D eigenvalue weighted by Crippen LogP contribution is -2.27. The molecule has 0 aromatic heterocycles. The van der Waals surface area contributed by atoms with Gasteiger partial charge in [-0.25, -0.2) is 0 Å². The Bertz CT molecular complexity index is 2620. The third-order valence-corrected chi connectivity index (χ3v) is 11.6. The molecule has 0 amide bonds. The van der Waals surface area contributed by atoms with Crippen LogP contribution in [0.2, 0.25) is 0 Å². The predicted molar refractivity (Wildman–Crippen MR) is 258 cm³/mol. The Morgan fingerprint density at radius 2 is 0.662 bits per heavy atom. The Balaban J connectivity index is 1.50. The van der Waals surface area contributed by atoms with Crippen molar-refractivity contribution >= 4 is 22.9 Å². The fourth-order valence-corrected chi connectivity index (χ4v) is 7.82. The van der Waals surface area contributed by atoms with E-state index in [0.29, 0.717) is 78.2 Å². The van der Waals surface area contributed by atoms with Gasteiger partial charge in [-0.2, -0.15) is 46.8 Å². The highest BCUT2D eigenvalue weighted by molar-refractivity contribution is 6.12. The summed E-state index contributed by atoms with van der Waals surface area (Å²) in [6.07, 6.45) is 1.13. The number of ketones is 2. The van der Waals surface area contributed by atoms with Gasteiger partial charge in [0.15, 0.2) is 11.6 Å². The number of hydrogen-bond acceptors (Lipinski definition) is 6. The maximum atomic E-state index is 13.8. The van der Waals surface area contributed by atoms with E-state index in [1.165, 1.54) is 24.3 Å². The standard InChI is InChI=1S/C56H56F6N4O2/c1-51(2,3)45-25-33(26-46(49(45)67)52(4,5)6)31-63-65-39-21-23-41(43(29-39)35-13-17-37(18-14-35)55(57,58)59)42-24-22-40(30-44(42)36-15-19-38(20-16-36)56(60,61)62)66-64-32-34-27-47(53(7,8)9)50(68)48(28-34)54(10,11)12/h13-32H,1-12H3/b65-63+,66-64+. The topological polar surface area (TPSA) is 83.6 Å². The predicted octanol–water partition coefficient (Wildman–Crippen LogP) is 17.7. The van der Waals surface area contributed by atoms with Gasteiger partial charge < -0.3 is 0 Å². The van der Waals surface area contributed by atoms with Crippen LogP contribution in [0.3, 0.4) is 0 Å². The first-order chi connectivity index (χ1) is 31.3. The molecule has 0 fully saturated rings. The van der Waals surface area contributed by atoms with E-state index in [4.69, 9.17) is 0 Å². The van der Waals surface area contributed by atoms with E-state index in [0.717, 1.165) is 24.3 Å². The number of nitrogens with zero attached hydrogens (tertiary/aromatic N) is 4. The van der Waals surface area contributed by atoms with Crippen LogP contribution in [-0.2, 0) is 21.9 Å². The van der Waals surface area contributed by atoms with Crippen LogP contribution in [0.4, 0.5) is 37.7 Å². The lowest BCUT2D eigenvalue weighted by Gasteiger charge is -2.31. The molecule has 6 nitrogen and oxygen atoms in total. The first-order valence-corrected chi connectivity index (χ1v) is 22.2. The summed E-state index contributed by atoms with van der Waals surface area (Å²) in [5, 5.41) is 17.7. The fourth-order valence-electron chi connectivity index (χ4n) is 7.82. The molecule has 0 atom stereocenters. The summed E-state index contributed by atoms with van der Waals surface area (Å²) in [6, 6.07) is 19.6. The summed E-state index contributed by atoms with van der Waals surface area (Å²) < 4.78 is 82.6. The normalized spacial score (nSPS) is 15.7. The van der Waals surface area contributed by atoms with Crippen LogP contribution < -0.4 is 0 Å². The van der Waals surface area contributed by atoms with E-state index in [2.05, 4.69) is 20.5 Å². The molecule has 0 heterocycles. The van der Waals surface area contributed by atoms with Crippen LogP contribution in [0.5, 0.6) is 0 Å². The van der Waals surface area contributed by atoms with Crippen molar-refractivity contribution in [3.8, 4) is 33.4 Å². The zero-order valence-electron chi connectivity index (χ0n) is 40.4. The number of allylic oxidation sites excluding steroid dienone is 10. The van der Waals surface area contributed by atoms with Crippen molar-refractivity contribution < 1.29 is 35.9 Å². The van der Waals surface area contributed by atoms with Gasteiger partial charge in [0.1, 0.15) is 0 Å². The first-order valence-electron chi connectivity index (χ1n) is 22.2. The molecule has 0 saturated heterocycles. The second-order valence-corrected chi connectivity index (χ2v) is 21.2. The van der Waals surface area contributed by atoms with Gasteiger partial charge in [0.05, 0.1) is 34.9 Å². The van der Waals surface area contributed by atoms with Gasteiger partial charge in [-0.15, -0.1) is 0 Å². The second kappa shape index (κ2) is 18.5. The van der Waals surface area contributed by atoms with Gasteiger partial charge in [-0.3, -0.25) is 9.59 Å². The molecule has 4 aromatic carbocycles. The molecule has 0 N–H and O–H groups in total. The molecule has 0 aliphatic heterocycles. The van der Waals surface area contributed by atoms with Crippen LogP contribution in [0.25, 0.3) is 33.4 Å². The maximum Gasteiger partial charge on any atom is 0.416 e. The molecule has 0 spiro atoms. The Morgan fingerprint density at radius 1 is 0.382 bits per heavy atom. The largest absolute Gasteiger partial charge is 0.416 e. The molecule has 354 valence electrons. The molecule has 4 aromatic rings. The lowest BCUT2D eigenvalue weighted by atomic mass is 9.72. The van der Waals surface area contributed by atoms with Crippen molar-refractivity contribution in [1.82, 2.24) is 0 Å². The summed E-state index contributed by atoms with van der Waals surface area (Å²) in [5.74, 6) is -0.0604. The van der Waals surface area contributed by atoms with E-state index in [-0.39, 0.29) is 11.6 Å². The molecule has 0 unspecified atom stereocenters. The third kappa shape index (κ3) is 11.8. The van der Waals surface area contributed by atoms with Crippen molar-refractivity contribution in [2.75, 3.05) is 0 Å². The molecule has 2 aliphatic carbocycles. The minimum atomic E-state index is -4.59. The van der Waals surface area contributed by atoms with E-state index in [1.807, 2.05) is 83.1 Å². The fraction of sp³-hybridized carbons (Fsp3) is 0.321. The number of halogens is 6. The van der Waals surface area contributed by atoms with Crippen LogP contribution >= 0.6 is 0 Å². The molecule has 68 heavy (non-hydrogen) atoms. The summed E-state index contributed by atoms with van der Waals surface area (Å²) in [5.41, 5.74) is 3.98. The Labute approximate surface area is 394 Å². The number of carbonyl (C=O) groups excluding carboxylic acids is 2. The van der Waals surface area contributed by atoms with Gasteiger partial charge in [0, 0.05) is 22.3 Å². The van der Waals surface area contributed by atoms with E-state index in [1.54, 1.807) is 73.1 Å². The molecule has 12 heteroatoms.